The average Bonchev–Trinajstić information content (AvgIpc) is 3.26. The van der Waals surface area contributed by atoms with Gasteiger partial charge in [-0.2, -0.15) is 0 Å². The smallest absolute Gasteiger partial charge is 0.268 e. The van der Waals surface area contributed by atoms with Crippen LogP contribution in [-0.2, 0) is 82.5 Å². The first kappa shape index (κ1) is 75.3. The van der Waals surface area contributed by atoms with Gasteiger partial charge in [0.1, 0.15) is 7.60 Å². The molecular weight excluding hydrogens is 1080 g/mol. The Bertz CT molecular complexity index is 1610. The van der Waals surface area contributed by atoms with Crippen LogP contribution < -0.4 is 45.7 Å². The molecule has 9 unspecified atom stereocenters. The van der Waals surface area contributed by atoms with Gasteiger partial charge in [-0.05, 0) is 117 Å². The molecule has 9 atom stereocenters. The zero-order valence-electron chi connectivity index (χ0n) is 44.6. The largest absolute Gasteiger partial charge is 0.779 e. The number of phosphoric acid groups is 4. The minimum absolute atomic E-state index is 0.000100. The normalized spacial score (nSPS) is 18.3. The molecule has 0 aromatic rings. The summed E-state index contributed by atoms with van der Waals surface area (Å²) < 4.78 is 123. The number of ether oxygens (including phenoxy) is 4. The van der Waals surface area contributed by atoms with Gasteiger partial charge in [-0.1, -0.05) is 20.8 Å². The molecule has 0 aliphatic carbocycles. The summed E-state index contributed by atoms with van der Waals surface area (Å²) in [6.45, 7) is 10.3. The van der Waals surface area contributed by atoms with E-state index in [2.05, 4.69) is 52.9 Å². The van der Waals surface area contributed by atoms with Crippen LogP contribution in [0.4, 0.5) is 0 Å². The Kier molecular flexibility index (Phi) is 42.6. The van der Waals surface area contributed by atoms with E-state index in [1.807, 2.05) is 7.05 Å². The molecule has 0 rings (SSSR count). The van der Waals surface area contributed by atoms with Crippen molar-refractivity contribution in [3.8, 4) is 0 Å². The van der Waals surface area contributed by atoms with E-state index in [9.17, 15) is 52.4 Å². The first-order valence-corrected chi connectivity index (χ1v) is 31.6. The lowest BCUT2D eigenvalue weighted by atomic mass is 9.81. The molecule has 0 aromatic carbocycles. The summed E-state index contributed by atoms with van der Waals surface area (Å²) in [5, 5.41) is 21.9. The minimum atomic E-state index is -4.81. The fourth-order valence-electron chi connectivity index (χ4n) is 6.01. The summed E-state index contributed by atoms with van der Waals surface area (Å²) >= 11 is 0. The Hall–Kier alpha value is 0.230. The third-order valence-corrected chi connectivity index (χ3v) is 13.8. The number of nitrogens with one attached hydrogen (secondary N) is 4. The molecule has 0 aliphatic rings. The van der Waals surface area contributed by atoms with E-state index in [0.717, 1.165) is 25.9 Å². The predicted octanol–water partition coefficient (Wildman–Crippen LogP) is 1.74. The molecule has 0 bridgehead atoms. The monoisotopic (exact) mass is 1160 g/mol. The second-order valence-electron chi connectivity index (χ2n) is 18.6. The number of rotatable bonds is 47. The van der Waals surface area contributed by atoms with Gasteiger partial charge >= 0.3 is 0 Å². The summed E-state index contributed by atoms with van der Waals surface area (Å²) in [5.74, 6) is 0.201. The van der Waals surface area contributed by atoms with Crippen LogP contribution in [0.3, 0.4) is 0 Å². The Morgan fingerprint density at radius 3 is 1.18 bits per heavy atom. The number of phosphoric ester groups is 4. The standard InChI is InChI=1S/C27H62N4O12P2.C13H31O12P3/c1-28-20-37-10-6-24(17-26(19-32)8-12-39-22-30-3)16-25(7-11-38-21-29-2)18-27(9-13-40-23-31-4)43-45(35,36)42-15-14-41-44(5,33)34;1-12(2,3)11-24-27(16,17)22-8-7-20-26(14,15)21-9-10-23-28(18,19)25-13(4,5)6/h24-32H,6-23H2,1-5H3,(H,33,34)(H,35,36);7-11H2,1-6H3,(H,14,15)(H,16,17)(H,18,19)/p-5. The molecular formula is C40H88N4O24P5-5. The molecule has 442 valence electrons. The first-order chi connectivity index (χ1) is 33.8. The van der Waals surface area contributed by atoms with E-state index in [0.29, 0.717) is 66.0 Å². The van der Waals surface area contributed by atoms with Crippen LogP contribution in [-0.4, -0.2) is 158 Å². The van der Waals surface area contributed by atoms with Crippen molar-refractivity contribution in [3.05, 3.63) is 0 Å². The van der Waals surface area contributed by atoms with Crippen molar-refractivity contribution in [1.82, 2.24) is 21.3 Å². The quantitative estimate of drug-likeness (QED) is 0.0329. The van der Waals surface area contributed by atoms with Crippen LogP contribution in [0.5, 0.6) is 0 Å². The van der Waals surface area contributed by atoms with Crippen LogP contribution in [0.25, 0.3) is 0 Å². The lowest BCUT2D eigenvalue weighted by Gasteiger charge is -2.32. The van der Waals surface area contributed by atoms with Crippen molar-refractivity contribution in [2.45, 2.75) is 98.2 Å². The van der Waals surface area contributed by atoms with Crippen molar-refractivity contribution in [2.24, 2.45) is 23.2 Å². The maximum atomic E-state index is 12.7. The molecule has 33 heteroatoms. The molecule has 0 fully saturated rings. The van der Waals surface area contributed by atoms with Gasteiger partial charge in [0.2, 0.25) is 0 Å². The highest BCUT2D eigenvalue weighted by molar-refractivity contribution is 7.50. The summed E-state index contributed by atoms with van der Waals surface area (Å²) in [7, 11) is -15.7. The molecule has 28 nitrogen and oxygen atoms in total. The van der Waals surface area contributed by atoms with Crippen LogP contribution >= 0.6 is 38.9 Å². The van der Waals surface area contributed by atoms with Crippen molar-refractivity contribution in [3.63, 3.8) is 0 Å². The number of aliphatic hydroxyl groups is 1. The van der Waals surface area contributed by atoms with Gasteiger partial charge in [0.05, 0.1) is 91.5 Å². The van der Waals surface area contributed by atoms with E-state index in [1.165, 1.54) is 20.8 Å². The van der Waals surface area contributed by atoms with E-state index in [-0.39, 0.29) is 44.0 Å². The molecule has 0 spiro atoms. The summed E-state index contributed by atoms with van der Waals surface area (Å²) in [5.41, 5.74) is -1.42. The molecule has 0 aliphatic heterocycles. The van der Waals surface area contributed by atoms with Crippen LogP contribution in [0, 0.1) is 23.2 Å². The fourth-order valence-corrected chi connectivity index (χ4v) is 9.94. The van der Waals surface area contributed by atoms with Gasteiger partial charge in [-0.15, -0.1) is 0 Å². The predicted molar refractivity (Wildman–Crippen MR) is 260 cm³/mol. The van der Waals surface area contributed by atoms with Gasteiger partial charge in [-0.25, -0.2) is 0 Å². The topological polar surface area (TPSA) is 389 Å². The molecule has 73 heavy (non-hydrogen) atoms. The highest BCUT2D eigenvalue weighted by atomic mass is 31.2. The van der Waals surface area contributed by atoms with Gasteiger partial charge in [0, 0.05) is 33.1 Å². The summed E-state index contributed by atoms with van der Waals surface area (Å²) in [4.78, 5) is 58.3. The van der Waals surface area contributed by atoms with Crippen LogP contribution in [0.2, 0.25) is 0 Å². The Balaban J connectivity index is 0. The van der Waals surface area contributed by atoms with E-state index >= 15 is 0 Å². The second-order valence-corrected chi connectivity index (χ2v) is 25.9. The minimum Gasteiger partial charge on any atom is -0.779 e. The highest BCUT2D eigenvalue weighted by Gasteiger charge is 2.27. The lowest BCUT2D eigenvalue weighted by Crippen LogP contribution is -2.27. The van der Waals surface area contributed by atoms with E-state index in [4.69, 9.17) is 28.0 Å². The Labute approximate surface area is 433 Å². The maximum Gasteiger partial charge on any atom is 0.268 e. The molecule has 5 N–H and O–H groups in total. The molecule has 0 saturated heterocycles. The van der Waals surface area contributed by atoms with Crippen molar-refractivity contribution < 1.29 is 112 Å². The van der Waals surface area contributed by atoms with E-state index in [1.54, 1.807) is 41.9 Å². The van der Waals surface area contributed by atoms with Crippen molar-refractivity contribution in [1.29, 1.82) is 0 Å². The molecule has 0 radical (unpaired) electrons. The summed E-state index contributed by atoms with van der Waals surface area (Å²) in [6.07, 6.45) is 3.48. The van der Waals surface area contributed by atoms with Gasteiger partial charge < -0.3 is 93.8 Å². The SMILES string of the molecule is CC(C)(C)COP(=O)([O-])OCCOP(=O)([O-])OCCOP(=O)([O-])OC(C)(C)C.CNCOCCC(CO)CC(CCOCNC)CC(CCOCNC)CC(CCOCNC)OP(=O)([O-])OCCOP(C)(=O)[O-]. The fraction of sp³-hybridized carbons (Fsp3) is 1.00. The Morgan fingerprint density at radius 2 is 0.795 bits per heavy atom. The van der Waals surface area contributed by atoms with Gasteiger partial charge in [-0.3, -0.25) is 39.5 Å². The number of hydrogen-bond acceptors (Lipinski definition) is 28. The number of aliphatic hydroxyl groups excluding tert-OH is 1. The molecule has 0 amide bonds. The first-order valence-electron chi connectivity index (χ1n) is 23.8. The Morgan fingerprint density at radius 1 is 0.452 bits per heavy atom. The third-order valence-electron chi connectivity index (χ3n) is 8.91. The highest BCUT2D eigenvalue weighted by Crippen LogP contribution is 2.45. The number of hydrogen-bond donors (Lipinski definition) is 5. The molecule has 0 saturated carbocycles. The lowest BCUT2D eigenvalue weighted by molar-refractivity contribution is -0.239. The van der Waals surface area contributed by atoms with Gasteiger partial charge in [0.25, 0.3) is 31.3 Å². The zero-order chi connectivity index (χ0) is 56.1. The maximum absolute atomic E-state index is 12.7. The zero-order valence-corrected chi connectivity index (χ0v) is 49.1. The van der Waals surface area contributed by atoms with Crippen LogP contribution in [0.1, 0.15) is 86.5 Å². The van der Waals surface area contributed by atoms with Crippen molar-refractivity contribution >= 4 is 38.9 Å². The van der Waals surface area contributed by atoms with Crippen molar-refractivity contribution in [2.75, 3.05) is 141 Å². The average molecular weight is 1160 g/mol. The second kappa shape index (κ2) is 41.3. The van der Waals surface area contributed by atoms with Crippen LogP contribution in [0.15, 0.2) is 0 Å². The van der Waals surface area contributed by atoms with Gasteiger partial charge in [0.15, 0.2) is 0 Å². The third kappa shape index (κ3) is 51.4. The summed E-state index contributed by atoms with van der Waals surface area (Å²) in [6, 6.07) is 0. The van der Waals surface area contributed by atoms with E-state index < -0.39 is 95.6 Å². The molecule has 0 aromatic heterocycles. The molecule has 0 heterocycles.